The second-order valence-electron chi connectivity index (χ2n) is 2.92. The van der Waals surface area contributed by atoms with Gasteiger partial charge in [0.25, 0.3) is 0 Å². The maximum absolute atomic E-state index is 2.46. The van der Waals surface area contributed by atoms with Crippen LogP contribution >= 0.6 is 11.8 Å². The number of thioether (sulfide) groups is 1. The molecule has 70 valence electrons. The first-order chi connectivity index (χ1) is 5.86. The fourth-order valence-corrected chi connectivity index (χ4v) is 2.01. The standard InChI is InChI=1S/C9H18N2S/c1-3-10(4-2)5-6-11-7-8-12-9-11/h7-8H,3-6,9H2,1-2H3. The number of likely N-dealkylation sites (N-methyl/N-ethyl adjacent to an activating group) is 1. The Labute approximate surface area is 79.6 Å². The largest absolute Gasteiger partial charge is 0.366 e. The summed E-state index contributed by atoms with van der Waals surface area (Å²) in [7, 11) is 0. The van der Waals surface area contributed by atoms with E-state index in [4.69, 9.17) is 0 Å². The van der Waals surface area contributed by atoms with Crippen molar-refractivity contribution < 1.29 is 0 Å². The molecule has 0 N–H and O–H groups in total. The second kappa shape index (κ2) is 5.49. The maximum atomic E-state index is 2.46. The molecule has 0 fully saturated rings. The van der Waals surface area contributed by atoms with Gasteiger partial charge in [-0.05, 0) is 18.5 Å². The minimum Gasteiger partial charge on any atom is -0.366 e. The van der Waals surface area contributed by atoms with Gasteiger partial charge in [0.05, 0.1) is 5.88 Å². The van der Waals surface area contributed by atoms with Gasteiger partial charge in [0.1, 0.15) is 0 Å². The molecular weight excluding hydrogens is 168 g/mol. The van der Waals surface area contributed by atoms with Crippen molar-refractivity contribution in [1.82, 2.24) is 9.80 Å². The van der Waals surface area contributed by atoms with Crippen molar-refractivity contribution in [2.45, 2.75) is 13.8 Å². The Morgan fingerprint density at radius 3 is 2.67 bits per heavy atom. The molecule has 0 aliphatic carbocycles. The molecule has 0 unspecified atom stereocenters. The van der Waals surface area contributed by atoms with Gasteiger partial charge in [-0.15, -0.1) is 11.8 Å². The lowest BCUT2D eigenvalue weighted by Crippen LogP contribution is -2.31. The highest BCUT2D eigenvalue weighted by atomic mass is 32.2. The van der Waals surface area contributed by atoms with Gasteiger partial charge in [-0.1, -0.05) is 13.8 Å². The van der Waals surface area contributed by atoms with Crippen molar-refractivity contribution in [2.75, 3.05) is 32.1 Å². The molecule has 0 aromatic carbocycles. The molecule has 1 heterocycles. The molecule has 0 saturated heterocycles. The van der Waals surface area contributed by atoms with Gasteiger partial charge in [0.2, 0.25) is 0 Å². The van der Waals surface area contributed by atoms with Crippen LogP contribution in [0.3, 0.4) is 0 Å². The van der Waals surface area contributed by atoms with E-state index in [1.807, 2.05) is 11.8 Å². The molecule has 0 atom stereocenters. The summed E-state index contributed by atoms with van der Waals surface area (Å²) in [6, 6.07) is 0. The molecule has 2 nitrogen and oxygen atoms in total. The first-order valence-electron chi connectivity index (χ1n) is 4.61. The van der Waals surface area contributed by atoms with E-state index in [0.29, 0.717) is 0 Å². The highest BCUT2D eigenvalue weighted by Crippen LogP contribution is 2.14. The van der Waals surface area contributed by atoms with Crippen LogP contribution in [0.25, 0.3) is 0 Å². The van der Waals surface area contributed by atoms with Crippen molar-refractivity contribution in [3.05, 3.63) is 11.6 Å². The Balaban J connectivity index is 2.10. The van der Waals surface area contributed by atoms with Gasteiger partial charge in [-0.3, -0.25) is 0 Å². The zero-order valence-corrected chi connectivity index (χ0v) is 8.81. The van der Waals surface area contributed by atoms with Crippen molar-refractivity contribution in [3.63, 3.8) is 0 Å². The number of rotatable bonds is 5. The molecule has 1 aliphatic heterocycles. The molecule has 1 aliphatic rings. The molecule has 0 bridgehead atoms. The van der Waals surface area contributed by atoms with Crippen LogP contribution in [0.4, 0.5) is 0 Å². The molecule has 0 spiro atoms. The van der Waals surface area contributed by atoms with Gasteiger partial charge in [0.15, 0.2) is 0 Å². The Hall–Kier alpha value is -0.150. The van der Waals surface area contributed by atoms with Crippen molar-refractivity contribution >= 4 is 11.8 Å². The van der Waals surface area contributed by atoms with E-state index in [9.17, 15) is 0 Å². The number of hydrogen-bond donors (Lipinski definition) is 0. The molecule has 0 amide bonds. The third-order valence-corrected chi connectivity index (χ3v) is 3.00. The topological polar surface area (TPSA) is 6.48 Å². The minimum absolute atomic E-state index is 1.14. The average molecular weight is 186 g/mol. The quantitative estimate of drug-likeness (QED) is 0.646. The molecule has 1 rings (SSSR count). The minimum atomic E-state index is 1.14. The molecule has 0 aromatic rings. The van der Waals surface area contributed by atoms with Crippen LogP contribution in [0.15, 0.2) is 11.6 Å². The zero-order valence-electron chi connectivity index (χ0n) is 7.99. The van der Waals surface area contributed by atoms with Gasteiger partial charge in [-0.2, -0.15) is 0 Å². The van der Waals surface area contributed by atoms with Crippen molar-refractivity contribution in [1.29, 1.82) is 0 Å². The summed E-state index contributed by atoms with van der Waals surface area (Å²) in [6.45, 7) is 9.14. The molecule has 12 heavy (non-hydrogen) atoms. The number of hydrogen-bond acceptors (Lipinski definition) is 3. The Kier molecular flexibility index (Phi) is 4.54. The summed E-state index contributed by atoms with van der Waals surface area (Å²) in [6.07, 6.45) is 2.19. The smallest absolute Gasteiger partial charge is 0.0675 e. The monoisotopic (exact) mass is 186 g/mol. The summed E-state index contributed by atoms with van der Waals surface area (Å²) in [4.78, 5) is 4.82. The maximum Gasteiger partial charge on any atom is 0.0675 e. The highest BCUT2D eigenvalue weighted by Gasteiger charge is 2.05. The SMILES string of the molecule is CCN(CC)CCN1C=CSC1. The van der Waals surface area contributed by atoms with Crippen LogP contribution in [0.5, 0.6) is 0 Å². The fraction of sp³-hybridized carbons (Fsp3) is 0.778. The van der Waals surface area contributed by atoms with E-state index < -0.39 is 0 Å². The average Bonchev–Trinajstić information content (AvgIpc) is 2.59. The zero-order chi connectivity index (χ0) is 8.81. The predicted octanol–water partition coefficient (Wildman–Crippen LogP) is 1.81. The second-order valence-corrected chi connectivity index (χ2v) is 3.78. The first kappa shape index (κ1) is 9.93. The van der Waals surface area contributed by atoms with E-state index >= 15 is 0 Å². The van der Waals surface area contributed by atoms with Crippen molar-refractivity contribution in [3.8, 4) is 0 Å². The third kappa shape index (κ3) is 3.07. The fourth-order valence-electron chi connectivity index (χ4n) is 1.26. The van der Waals surface area contributed by atoms with E-state index in [-0.39, 0.29) is 0 Å². The van der Waals surface area contributed by atoms with Crippen LogP contribution in [-0.2, 0) is 0 Å². The molecule has 0 aromatic heterocycles. The van der Waals surface area contributed by atoms with E-state index in [1.54, 1.807) is 0 Å². The van der Waals surface area contributed by atoms with E-state index in [2.05, 4.69) is 35.3 Å². The lowest BCUT2D eigenvalue weighted by atomic mass is 10.4. The molecule has 3 heteroatoms. The van der Waals surface area contributed by atoms with Crippen LogP contribution in [-0.4, -0.2) is 41.9 Å². The lowest BCUT2D eigenvalue weighted by Gasteiger charge is -2.22. The first-order valence-corrected chi connectivity index (χ1v) is 5.66. The van der Waals surface area contributed by atoms with Crippen molar-refractivity contribution in [2.24, 2.45) is 0 Å². The van der Waals surface area contributed by atoms with E-state index in [0.717, 1.165) is 5.88 Å². The predicted molar refractivity (Wildman–Crippen MR) is 56.1 cm³/mol. The number of nitrogens with zero attached hydrogens (tertiary/aromatic N) is 2. The summed E-state index contributed by atoms with van der Waals surface area (Å²) < 4.78 is 0. The van der Waals surface area contributed by atoms with Gasteiger partial charge in [-0.25, -0.2) is 0 Å². The summed E-state index contributed by atoms with van der Waals surface area (Å²) >= 11 is 1.88. The van der Waals surface area contributed by atoms with Gasteiger partial charge in [0, 0.05) is 19.3 Å². The van der Waals surface area contributed by atoms with E-state index in [1.165, 1.54) is 26.2 Å². The molecule has 0 radical (unpaired) electrons. The lowest BCUT2D eigenvalue weighted by molar-refractivity contribution is 0.270. The Morgan fingerprint density at radius 1 is 1.42 bits per heavy atom. The molecule has 0 saturated carbocycles. The highest BCUT2D eigenvalue weighted by molar-refractivity contribution is 8.02. The van der Waals surface area contributed by atoms with Crippen LogP contribution in [0, 0.1) is 0 Å². The summed E-state index contributed by atoms with van der Waals surface area (Å²) in [5, 5.41) is 2.17. The van der Waals surface area contributed by atoms with Crippen LogP contribution in [0.2, 0.25) is 0 Å². The molecular formula is C9H18N2S. The van der Waals surface area contributed by atoms with Crippen LogP contribution < -0.4 is 0 Å². The summed E-state index contributed by atoms with van der Waals surface area (Å²) in [5.74, 6) is 1.14. The third-order valence-electron chi connectivity index (χ3n) is 2.21. The normalized spacial score (nSPS) is 16.4. The van der Waals surface area contributed by atoms with Gasteiger partial charge >= 0.3 is 0 Å². The van der Waals surface area contributed by atoms with Gasteiger partial charge < -0.3 is 9.80 Å². The Bertz CT molecular complexity index is 143. The Morgan fingerprint density at radius 2 is 2.17 bits per heavy atom. The van der Waals surface area contributed by atoms with Crippen LogP contribution in [0.1, 0.15) is 13.8 Å². The summed E-state index contributed by atoms with van der Waals surface area (Å²) in [5.41, 5.74) is 0.